The first-order valence-corrected chi connectivity index (χ1v) is 11.0. The molecule has 1 fully saturated rings. The molecule has 31 heavy (non-hydrogen) atoms. The van der Waals surface area contributed by atoms with Crippen LogP contribution >= 0.6 is 12.2 Å². The molecule has 1 saturated heterocycles. The van der Waals surface area contributed by atoms with E-state index in [-0.39, 0.29) is 5.41 Å². The van der Waals surface area contributed by atoms with Gasteiger partial charge in [-0.15, -0.1) is 0 Å². The molecule has 1 N–H and O–H groups in total. The third kappa shape index (κ3) is 3.09. The van der Waals surface area contributed by atoms with Gasteiger partial charge in [-0.3, -0.25) is 14.3 Å². The van der Waals surface area contributed by atoms with Gasteiger partial charge in [-0.05, 0) is 43.3 Å². The van der Waals surface area contributed by atoms with E-state index < -0.39 is 0 Å². The SMILES string of the molecule is Cn1cc(NC(=S)N2CCC3(CCn4nc(-c5cnc6ccccc6c5)cc43)C2)cn1. The van der Waals surface area contributed by atoms with Crippen LogP contribution in [-0.2, 0) is 19.0 Å². The first-order chi connectivity index (χ1) is 15.1. The number of benzene rings is 1. The van der Waals surface area contributed by atoms with Crippen molar-refractivity contribution in [3.05, 3.63) is 60.7 Å². The fourth-order valence-electron chi connectivity index (χ4n) is 4.96. The van der Waals surface area contributed by atoms with E-state index >= 15 is 0 Å². The topological polar surface area (TPSA) is 63.8 Å². The number of rotatable bonds is 2. The summed E-state index contributed by atoms with van der Waals surface area (Å²) in [6.07, 6.45) is 7.86. The molecule has 2 aliphatic heterocycles. The fraction of sp³-hybridized carbons (Fsp3) is 0.304. The van der Waals surface area contributed by atoms with Crippen LogP contribution in [0.5, 0.6) is 0 Å². The third-order valence-corrected chi connectivity index (χ3v) is 6.97. The van der Waals surface area contributed by atoms with Gasteiger partial charge < -0.3 is 10.2 Å². The van der Waals surface area contributed by atoms with Crippen molar-refractivity contribution in [1.82, 2.24) is 29.4 Å². The van der Waals surface area contributed by atoms with Gasteiger partial charge in [0, 0.05) is 61.1 Å². The maximum absolute atomic E-state index is 5.70. The van der Waals surface area contributed by atoms with Gasteiger partial charge in [0.05, 0.1) is 23.1 Å². The molecule has 1 aromatic carbocycles. The van der Waals surface area contributed by atoms with Crippen LogP contribution in [0.2, 0.25) is 0 Å². The van der Waals surface area contributed by atoms with Crippen molar-refractivity contribution in [2.45, 2.75) is 24.8 Å². The number of hydrogen-bond donors (Lipinski definition) is 1. The summed E-state index contributed by atoms with van der Waals surface area (Å²) < 4.78 is 3.96. The molecule has 1 spiro atoms. The molecule has 3 aromatic heterocycles. The molecular formula is C23H23N7S. The number of thiocarbonyl (C=S) groups is 1. The van der Waals surface area contributed by atoms with Crippen LogP contribution in [-0.4, -0.2) is 47.6 Å². The van der Waals surface area contributed by atoms with E-state index in [4.69, 9.17) is 17.3 Å². The second kappa shape index (κ2) is 6.88. The molecule has 2 aliphatic rings. The van der Waals surface area contributed by atoms with Gasteiger partial charge in [0.25, 0.3) is 0 Å². The standard InChI is InChI=1S/C23H23N7S/c1-28-14-18(13-25-28)26-22(31)29-8-6-23(15-29)7-9-30-21(23)11-20(27-30)17-10-16-4-2-3-5-19(16)24-12-17/h2-5,10-14H,6-9,15H2,1H3,(H,26,31). The highest BCUT2D eigenvalue weighted by Gasteiger charge is 2.46. The van der Waals surface area contributed by atoms with Crippen LogP contribution in [0.25, 0.3) is 22.2 Å². The van der Waals surface area contributed by atoms with Crippen molar-refractivity contribution >= 4 is 33.9 Å². The van der Waals surface area contributed by atoms with E-state index in [0.29, 0.717) is 0 Å². The first-order valence-electron chi connectivity index (χ1n) is 10.6. The Hall–Kier alpha value is -3.26. The highest BCUT2D eigenvalue weighted by molar-refractivity contribution is 7.80. The Kier molecular flexibility index (Phi) is 4.11. The Morgan fingerprint density at radius 2 is 2.00 bits per heavy atom. The second-order valence-corrected chi connectivity index (χ2v) is 8.98. The van der Waals surface area contributed by atoms with E-state index in [1.807, 2.05) is 37.6 Å². The minimum atomic E-state index is 0.107. The van der Waals surface area contributed by atoms with E-state index in [1.165, 1.54) is 5.69 Å². The van der Waals surface area contributed by atoms with Gasteiger partial charge >= 0.3 is 0 Å². The van der Waals surface area contributed by atoms with Crippen LogP contribution in [0, 0.1) is 0 Å². The summed E-state index contributed by atoms with van der Waals surface area (Å²) in [6.45, 7) is 2.82. The summed E-state index contributed by atoms with van der Waals surface area (Å²) in [5.41, 5.74) is 5.44. The van der Waals surface area contributed by atoms with Crippen LogP contribution in [0.3, 0.4) is 0 Å². The zero-order valence-electron chi connectivity index (χ0n) is 17.3. The van der Waals surface area contributed by atoms with Crippen molar-refractivity contribution in [3.63, 3.8) is 0 Å². The van der Waals surface area contributed by atoms with Crippen LogP contribution in [0.15, 0.2) is 55.0 Å². The van der Waals surface area contributed by atoms with E-state index in [9.17, 15) is 0 Å². The third-order valence-electron chi connectivity index (χ3n) is 6.61. The number of aromatic nitrogens is 5. The smallest absolute Gasteiger partial charge is 0.173 e. The first kappa shape index (κ1) is 18.5. The molecule has 5 heterocycles. The van der Waals surface area contributed by atoms with Gasteiger partial charge in [0.15, 0.2) is 5.11 Å². The predicted molar refractivity (Wildman–Crippen MR) is 125 cm³/mol. The van der Waals surface area contributed by atoms with E-state index in [2.05, 4.69) is 43.2 Å². The highest BCUT2D eigenvalue weighted by atomic mass is 32.1. The second-order valence-electron chi connectivity index (χ2n) is 8.59. The molecule has 0 radical (unpaired) electrons. The Balaban J connectivity index is 1.25. The van der Waals surface area contributed by atoms with Gasteiger partial charge in [0.2, 0.25) is 0 Å². The Labute approximate surface area is 185 Å². The zero-order chi connectivity index (χ0) is 21.0. The summed E-state index contributed by atoms with van der Waals surface area (Å²) in [4.78, 5) is 6.90. The summed E-state index contributed by atoms with van der Waals surface area (Å²) in [7, 11) is 1.90. The lowest BCUT2D eigenvalue weighted by molar-refractivity contribution is 0.422. The van der Waals surface area contributed by atoms with Crippen molar-refractivity contribution in [2.24, 2.45) is 7.05 Å². The van der Waals surface area contributed by atoms with Gasteiger partial charge in [-0.1, -0.05) is 18.2 Å². The van der Waals surface area contributed by atoms with Crippen LogP contribution < -0.4 is 5.32 Å². The predicted octanol–water partition coefficient (Wildman–Crippen LogP) is 3.58. The molecule has 1 atom stereocenters. The molecule has 1 unspecified atom stereocenters. The van der Waals surface area contributed by atoms with Gasteiger partial charge in [-0.2, -0.15) is 10.2 Å². The number of aryl methyl sites for hydroxylation is 2. The quantitative estimate of drug-likeness (QED) is 0.492. The molecule has 7 nitrogen and oxygen atoms in total. The van der Waals surface area contributed by atoms with Gasteiger partial charge in [-0.25, -0.2) is 0 Å². The van der Waals surface area contributed by atoms with Crippen molar-refractivity contribution in [3.8, 4) is 11.3 Å². The summed E-state index contributed by atoms with van der Waals surface area (Å²) >= 11 is 5.70. The molecule has 4 aromatic rings. The number of nitrogens with one attached hydrogen (secondary N) is 1. The maximum atomic E-state index is 5.70. The number of likely N-dealkylation sites (tertiary alicyclic amines) is 1. The number of pyridine rings is 1. The average Bonchev–Trinajstić information content (AvgIpc) is 3.55. The average molecular weight is 430 g/mol. The van der Waals surface area contributed by atoms with Crippen molar-refractivity contribution in [1.29, 1.82) is 0 Å². The summed E-state index contributed by atoms with van der Waals surface area (Å²) in [5.74, 6) is 0. The van der Waals surface area contributed by atoms with Crippen LogP contribution in [0.4, 0.5) is 5.69 Å². The van der Waals surface area contributed by atoms with Crippen molar-refractivity contribution < 1.29 is 0 Å². The number of fused-ring (bicyclic) bond motifs is 3. The molecule has 8 heteroatoms. The Morgan fingerprint density at radius 3 is 2.87 bits per heavy atom. The minimum Gasteiger partial charge on any atom is -0.348 e. The lowest BCUT2D eigenvalue weighted by Gasteiger charge is -2.25. The normalized spacial score (nSPS) is 20.0. The molecular weight excluding hydrogens is 406 g/mol. The molecule has 0 amide bonds. The fourth-order valence-corrected chi connectivity index (χ4v) is 5.24. The number of hydrogen-bond acceptors (Lipinski definition) is 4. The van der Waals surface area contributed by atoms with E-state index in [1.54, 1.807) is 10.9 Å². The summed E-state index contributed by atoms with van der Waals surface area (Å²) in [5, 5.41) is 14.4. The number of anilines is 1. The number of para-hydroxylation sites is 1. The monoisotopic (exact) mass is 429 g/mol. The largest absolute Gasteiger partial charge is 0.348 e. The molecule has 0 aliphatic carbocycles. The molecule has 0 saturated carbocycles. The lowest BCUT2D eigenvalue weighted by atomic mass is 9.82. The van der Waals surface area contributed by atoms with Crippen LogP contribution in [0.1, 0.15) is 18.5 Å². The van der Waals surface area contributed by atoms with Gasteiger partial charge in [0.1, 0.15) is 0 Å². The molecule has 6 rings (SSSR count). The highest BCUT2D eigenvalue weighted by Crippen LogP contribution is 2.44. The number of nitrogens with zero attached hydrogens (tertiary/aromatic N) is 6. The Bertz CT molecular complexity index is 1310. The van der Waals surface area contributed by atoms with Crippen molar-refractivity contribution in [2.75, 3.05) is 18.4 Å². The molecule has 0 bridgehead atoms. The van der Waals surface area contributed by atoms with E-state index in [0.717, 1.165) is 65.4 Å². The lowest BCUT2D eigenvalue weighted by Crippen LogP contribution is -2.36. The Morgan fingerprint density at radius 1 is 1.13 bits per heavy atom. The summed E-state index contributed by atoms with van der Waals surface area (Å²) in [6, 6.07) is 12.6. The molecule has 156 valence electrons. The maximum Gasteiger partial charge on any atom is 0.173 e. The zero-order valence-corrected chi connectivity index (χ0v) is 18.1. The minimum absolute atomic E-state index is 0.107.